The predicted octanol–water partition coefficient (Wildman–Crippen LogP) is 3.06. The fourth-order valence-corrected chi connectivity index (χ4v) is 2.59. The van der Waals surface area contributed by atoms with Gasteiger partial charge in [0.2, 0.25) is 5.91 Å². The number of ether oxygens (including phenoxy) is 1. The molecule has 0 radical (unpaired) electrons. The Morgan fingerprint density at radius 1 is 1.12 bits per heavy atom. The summed E-state index contributed by atoms with van der Waals surface area (Å²) in [5, 5.41) is 3.02. The van der Waals surface area contributed by atoms with E-state index in [4.69, 9.17) is 16.3 Å². The molecule has 0 saturated carbocycles. The van der Waals surface area contributed by atoms with E-state index in [1.807, 2.05) is 0 Å². The normalized spacial score (nSPS) is 11.7. The molecular weight excluding hydrogens is 352 g/mol. The Labute approximate surface area is 148 Å². The van der Waals surface area contributed by atoms with Crippen molar-refractivity contribution >= 4 is 23.5 Å². The molecule has 0 fully saturated rings. The zero-order chi connectivity index (χ0) is 18.4. The highest BCUT2D eigenvalue weighted by Crippen LogP contribution is 2.13. The zero-order valence-electron chi connectivity index (χ0n) is 13.4. The quantitative estimate of drug-likeness (QED) is 0.798. The van der Waals surface area contributed by atoms with Crippen LogP contribution < -0.4 is 5.32 Å². The van der Waals surface area contributed by atoms with Gasteiger partial charge in [-0.1, -0.05) is 23.7 Å². The average molecular weight is 368 g/mol. The lowest BCUT2D eigenvalue weighted by molar-refractivity contribution is -0.145. The first-order chi connectivity index (χ1) is 11.9. The zero-order valence-corrected chi connectivity index (χ0v) is 14.1. The third-order valence-electron chi connectivity index (χ3n) is 3.44. The Morgan fingerprint density at radius 3 is 2.40 bits per heavy atom. The summed E-state index contributed by atoms with van der Waals surface area (Å²) in [5.41, 5.74) is 0.904. The van der Waals surface area contributed by atoms with E-state index in [1.165, 1.54) is 7.11 Å². The Hall–Kier alpha value is -2.47. The lowest BCUT2D eigenvalue weighted by atomic mass is 10.1. The Balaban J connectivity index is 2.08. The summed E-state index contributed by atoms with van der Waals surface area (Å²) >= 11 is 5.91. The summed E-state index contributed by atoms with van der Waals surface area (Å²) in [6.45, 7) is 0. The van der Waals surface area contributed by atoms with Crippen molar-refractivity contribution in [2.75, 3.05) is 7.11 Å². The molecule has 0 heterocycles. The molecule has 0 aliphatic rings. The summed E-state index contributed by atoms with van der Waals surface area (Å²) in [5.74, 6) is -2.72. The van der Waals surface area contributed by atoms with Gasteiger partial charge in [0.15, 0.2) is 0 Å². The summed E-state index contributed by atoms with van der Waals surface area (Å²) in [6, 6.07) is 8.76. The number of methoxy groups -OCH3 is 1. The minimum atomic E-state index is -0.936. The monoisotopic (exact) mass is 367 g/mol. The molecule has 0 aliphatic carbocycles. The molecule has 2 aromatic carbocycles. The van der Waals surface area contributed by atoms with E-state index in [0.29, 0.717) is 5.02 Å². The van der Waals surface area contributed by atoms with Crippen LogP contribution in [0.25, 0.3) is 0 Å². The van der Waals surface area contributed by atoms with E-state index in [2.05, 4.69) is 5.32 Å². The molecular formula is C18H16ClF2NO3. The fourth-order valence-electron chi connectivity index (χ4n) is 2.38. The van der Waals surface area contributed by atoms with Crippen molar-refractivity contribution in [3.05, 3.63) is 70.2 Å². The number of hydrogen-bond acceptors (Lipinski definition) is 3. The van der Waals surface area contributed by atoms with Gasteiger partial charge in [0.05, 0.1) is 13.5 Å². The maximum atomic E-state index is 13.2. The van der Waals surface area contributed by atoms with Gasteiger partial charge in [0, 0.05) is 17.5 Å². The van der Waals surface area contributed by atoms with Crippen LogP contribution in [0, 0.1) is 11.6 Å². The highest BCUT2D eigenvalue weighted by Gasteiger charge is 2.22. The van der Waals surface area contributed by atoms with Gasteiger partial charge < -0.3 is 10.1 Å². The standard InChI is InChI=1S/C18H16ClF2NO3/c1-25-18(24)16(8-11-3-2-4-13(19)5-11)22-17(23)9-12-6-14(20)10-15(21)7-12/h2-7,10,16H,8-9H2,1H3,(H,22,23)/t16-/m1/s1. The van der Waals surface area contributed by atoms with Gasteiger partial charge in [-0.25, -0.2) is 13.6 Å². The van der Waals surface area contributed by atoms with Crippen molar-refractivity contribution in [2.24, 2.45) is 0 Å². The van der Waals surface area contributed by atoms with E-state index in [1.54, 1.807) is 24.3 Å². The number of carbonyl (C=O) groups is 2. The summed E-state index contributed by atoms with van der Waals surface area (Å²) in [7, 11) is 1.21. The molecule has 0 aliphatic heterocycles. The second-order valence-electron chi connectivity index (χ2n) is 5.43. The SMILES string of the molecule is COC(=O)[C@@H](Cc1cccc(Cl)c1)NC(=O)Cc1cc(F)cc(F)c1. The second-order valence-corrected chi connectivity index (χ2v) is 5.87. The van der Waals surface area contributed by atoms with Crippen molar-refractivity contribution in [3.63, 3.8) is 0 Å². The van der Waals surface area contributed by atoms with Gasteiger partial charge in [-0.15, -0.1) is 0 Å². The summed E-state index contributed by atoms with van der Waals surface area (Å²) in [6.07, 6.45) is -0.0891. The minimum Gasteiger partial charge on any atom is -0.467 e. The maximum absolute atomic E-state index is 13.2. The van der Waals surface area contributed by atoms with Crippen LogP contribution in [0.1, 0.15) is 11.1 Å². The first kappa shape index (κ1) is 18.9. The smallest absolute Gasteiger partial charge is 0.328 e. The maximum Gasteiger partial charge on any atom is 0.328 e. The minimum absolute atomic E-state index is 0.168. The number of nitrogens with one attached hydrogen (secondary N) is 1. The van der Waals surface area contributed by atoms with E-state index in [9.17, 15) is 18.4 Å². The molecule has 1 amide bonds. The van der Waals surface area contributed by atoms with Crippen LogP contribution in [0.4, 0.5) is 8.78 Å². The molecule has 7 heteroatoms. The third-order valence-corrected chi connectivity index (χ3v) is 3.67. The number of rotatable bonds is 6. The van der Waals surface area contributed by atoms with Gasteiger partial charge in [-0.3, -0.25) is 4.79 Å². The van der Waals surface area contributed by atoms with E-state index in [-0.39, 0.29) is 18.4 Å². The topological polar surface area (TPSA) is 55.4 Å². The van der Waals surface area contributed by atoms with Crippen LogP contribution in [0.3, 0.4) is 0 Å². The van der Waals surface area contributed by atoms with Gasteiger partial charge in [0.25, 0.3) is 0 Å². The Morgan fingerprint density at radius 2 is 1.80 bits per heavy atom. The number of amides is 1. The van der Waals surface area contributed by atoms with Crippen molar-refractivity contribution in [2.45, 2.75) is 18.9 Å². The molecule has 2 rings (SSSR count). The summed E-state index contributed by atoms with van der Waals surface area (Å²) < 4.78 is 31.1. The van der Waals surface area contributed by atoms with Crippen LogP contribution in [0.2, 0.25) is 5.02 Å². The lowest BCUT2D eigenvalue weighted by Crippen LogP contribution is -2.43. The van der Waals surface area contributed by atoms with E-state index < -0.39 is 29.6 Å². The molecule has 0 spiro atoms. The summed E-state index contributed by atoms with van der Waals surface area (Å²) in [4.78, 5) is 24.0. The van der Waals surface area contributed by atoms with E-state index in [0.717, 1.165) is 23.8 Å². The first-order valence-corrected chi connectivity index (χ1v) is 7.82. The van der Waals surface area contributed by atoms with E-state index >= 15 is 0 Å². The van der Waals surface area contributed by atoms with Crippen molar-refractivity contribution in [3.8, 4) is 0 Å². The molecule has 132 valence electrons. The largest absolute Gasteiger partial charge is 0.467 e. The predicted molar refractivity (Wildman–Crippen MR) is 89.2 cm³/mol. The van der Waals surface area contributed by atoms with Crippen LogP contribution in [0.5, 0.6) is 0 Å². The van der Waals surface area contributed by atoms with Gasteiger partial charge in [-0.2, -0.15) is 0 Å². The van der Waals surface area contributed by atoms with Gasteiger partial charge in [0.1, 0.15) is 17.7 Å². The molecule has 25 heavy (non-hydrogen) atoms. The Kier molecular flexibility index (Phi) is 6.47. The molecule has 0 unspecified atom stereocenters. The number of carbonyl (C=O) groups excluding carboxylic acids is 2. The molecule has 4 nitrogen and oxygen atoms in total. The molecule has 2 aromatic rings. The van der Waals surface area contributed by atoms with Crippen LogP contribution in [-0.4, -0.2) is 25.0 Å². The lowest BCUT2D eigenvalue weighted by Gasteiger charge is -2.17. The van der Waals surface area contributed by atoms with Crippen molar-refractivity contribution < 1.29 is 23.1 Å². The Bertz CT molecular complexity index is 762. The fraction of sp³-hybridized carbons (Fsp3) is 0.222. The molecule has 1 N–H and O–H groups in total. The number of halogens is 3. The van der Waals surface area contributed by atoms with Crippen LogP contribution >= 0.6 is 11.6 Å². The highest BCUT2D eigenvalue weighted by molar-refractivity contribution is 6.30. The highest BCUT2D eigenvalue weighted by atomic mass is 35.5. The number of benzene rings is 2. The van der Waals surface area contributed by atoms with Crippen LogP contribution in [-0.2, 0) is 27.2 Å². The van der Waals surface area contributed by atoms with Crippen LogP contribution in [0.15, 0.2) is 42.5 Å². The first-order valence-electron chi connectivity index (χ1n) is 7.44. The van der Waals surface area contributed by atoms with Crippen molar-refractivity contribution in [1.82, 2.24) is 5.32 Å². The van der Waals surface area contributed by atoms with Gasteiger partial charge >= 0.3 is 5.97 Å². The molecule has 1 atom stereocenters. The number of esters is 1. The molecule has 0 saturated heterocycles. The number of hydrogen-bond donors (Lipinski definition) is 1. The molecule has 0 bridgehead atoms. The van der Waals surface area contributed by atoms with Crippen molar-refractivity contribution in [1.29, 1.82) is 0 Å². The second kappa shape index (κ2) is 8.58. The third kappa shape index (κ3) is 5.83. The average Bonchev–Trinajstić information content (AvgIpc) is 2.52. The molecule has 0 aromatic heterocycles. The van der Waals surface area contributed by atoms with Gasteiger partial charge in [-0.05, 0) is 35.4 Å².